The van der Waals surface area contributed by atoms with Crippen LogP contribution in [0.4, 0.5) is 0 Å². The maximum atomic E-state index is 11.8. The van der Waals surface area contributed by atoms with Crippen molar-refractivity contribution in [2.45, 2.75) is 84.6 Å². The predicted octanol–water partition coefficient (Wildman–Crippen LogP) is 8.74. The summed E-state index contributed by atoms with van der Waals surface area (Å²) in [5.41, 5.74) is 3.77. The number of allylic oxidation sites excluding steroid dienone is 1. The Balaban J connectivity index is 1.01. The van der Waals surface area contributed by atoms with E-state index in [1.54, 1.807) is 18.4 Å². The average molecular weight is 657 g/mol. The second-order valence-corrected chi connectivity index (χ2v) is 13.4. The van der Waals surface area contributed by atoms with Gasteiger partial charge < -0.3 is 37.3 Å². The van der Waals surface area contributed by atoms with Gasteiger partial charge in [0.05, 0.1) is 41.5 Å². The van der Waals surface area contributed by atoms with Gasteiger partial charge in [0.25, 0.3) is 0 Å². The number of fused-ring (bicyclic) bond motifs is 3. The van der Waals surface area contributed by atoms with Crippen LogP contribution < -0.4 is 19.8 Å². The fraction of sp³-hybridized carbons (Fsp3) is 0.410. The third-order valence-electron chi connectivity index (χ3n) is 8.40. The van der Waals surface area contributed by atoms with E-state index in [2.05, 4.69) is 40.7 Å². The topological polar surface area (TPSA) is 98.7 Å². The molecule has 4 heterocycles. The molecule has 2 aliphatic rings. The second kappa shape index (κ2) is 14.0. The zero-order valence-corrected chi connectivity index (χ0v) is 28.5. The minimum absolute atomic E-state index is 0.139. The molecule has 6 rings (SSSR count). The van der Waals surface area contributed by atoms with Crippen LogP contribution in [0.15, 0.2) is 91.7 Å². The Kier molecular flexibility index (Phi) is 9.83. The quantitative estimate of drug-likeness (QED) is 0.109. The minimum Gasteiger partial charge on any atom is -0.489 e. The summed E-state index contributed by atoms with van der Waals surface area (Å²) in [6.07, 6.45) is 11.6. The van der Waals surface area contributed by atoms with Gasteiger partial charge in [-0.3, -0.25) is 0 Å². The average Bonchev–Trinajstić information content (AvgIpc) is 3.62. The molecule has 0 amide bonds. The van der Waals surface area contributed by atoms with Gasteiger partial charge in [0.2, 0.25) is 0 Å². The van der Waals surface area contributed by atoms with Gasteiger partial charge in [-0.25, -0.2) is 4.79 Å². The van der Waals surface area contributed by atoms with Crippen LogP contribution in [0.25, 0.3) is 28.0 Å². The highest BCUT2D eigenvalue weighted by molar-refractivity contribution is 6.01. The molecular weight excluding hydrogens is 612 g/mol. The molecule has 2 aromatic heterocycles. The van der Waals surface area contributed by atoms with Crippen molar-refractivity contribution in [3.63, 3.8) is 0 Å². The zero-order valence-electron chi connectivity index (χ0n) is 28.5. The molecule has 9 heteroatoms. The highest BCUT2D eigenvalue weighted by atomic mass is 16.9. The van der Waals surface area contributed by atoms with E-state index >= 15 is 0 Å². The van der Waals surface area contributed by atoms with Gasteiger partial charge in [0.15, 0.2) is 0 Å². The maximum absolute atomic E-state index is 11.8. The first-order chi connectivity index (χ1) is 23.0. The lowest BCUT2D eigenvalue weighted by Crippen LogP contribution is -2.37. The molecule has 0 radical (unpaired) electrons. The molecule has 0 N–H and O–H groups in total. The fourth-order valence-electron chi connectivity index (χ4n) is 5.70. The van der Waals surface area contributed by atoms with Gasteiger partial charge in [-0.1, -0.05) is 11.1 Å². The van der Waals surface area contributed by atoms with Crippen LogP contribution in [-0.2, 0) is 14.2 Å². The van der Waals surface area contributed by atoms with Crippen molar-refractivity contribution in [3.05, 3.63) is 94.1 Å². The van der Waals surface area contributed by atoms with Crippen molar-refractivity contribution in [2.75, 3.05) is 19.8 Å². The fourth-order valence-corrected chi connectivity index (χ4v) is 5.70. The van der Waals surface area contributed by atoms with Crippen molar-refractivity contribution in [2.24, 2.45) is 0 Å². The van der Waals surface area contributed by atoms with E-state index in [1.165, 1.54) is 11.6 Å². The molecule has 0 saturated carbocycles. The van der Waals surface area contributed by atoms with Crippen LogP contribution in [0.1, 0.15) is 66.4 Å². The summed E-state index contributed by atoms with van der Waals surface area (Å²) >= 11 is 0. The van der Waals surface area contributed by atoms with Crippen molar-refractivity contribution in [1.29, 1.82) is 0 Å². The molecular formula is C39H44O9. The van der Waals surface area contributed by atoms with E-state index in [1.807, 2.05) is 49.4 Å². The molecule has 2 aromatic carbocycles. The molecule has 9 nitrogen and oxygen atoms in total. The molecule has 3 atom stereocenters. The Morgan fingerprint density at radius 3 is 2.50 bits per heavy atom. The van der Waals surface area contributed by atoms with Crippen molar-refractivity contribution < 1.29 is 37.3 Å². The van der Waals surface area contributed by atoms with Crippen LogP contribution in [0.5, 0.6) is 17.2 Å². The molecule has 0 aliphatic carbocycles. The van der Waals surface area contributed by atoms with Gasteiger partial charge in [0.1, 0.15) is 41.6 Å². The van der Waals surface area contributed by atoms with Crippen LogP contribution >= 0.6 is 0 Å². The van der Waals surface area contributed by atoms with E-state index in [0.717, 1.165) is 41.2 Å². The van der Waals surface area contributed by atoms with E-state index in [9.17, 15) is 4.79 Å². The molecule has 2 aliphatic heterocycles. The van der Waals surface area contributed by atoms with Crippen molar-refractivity contribution >= 4 is 28.0 Å². The summed E-state index contributed by atoms with van der Waals surface area (Å²) in [6, 6.07) is 12.5. The number of hydrogen-bond acceptors (Lipinski definition) is 9. The van der Waals surface area contributed by atoms with Gasteiger partial charge >= 0.3 is 11.6 Å². The number of furan rings is 1. The standard InChI is InChI=1S/C39H44O9/c1-25(15-20-43-37-30-10-12-36(40)45-35(30)24-34-31(37)17-21-42-34)7-11-32-27(3)46-39(47-32)18-13-28-8-9-29(23-33(28)48-39)41-19-14-26(2)16-22-44-38(4,5)6/h8-10,12-15,17-18,21,23-24,27,32H,7,11,16,19-20,22H2,1-6H3/b25-15+,26-14+. The maximum Gasteiger partial charge on any atom is 0.350 e. The Bertz CT molecular complexity index is 1900. The lowest BCUT2D eigenvalue weighted by molar-refractivity contribution is -0.262. The van der Waals surface area contributed by atoms with Gasteiger partial charge in [-0.2, -0.15) is 0 Å². The summed E-state index contributed by atoms with van der Waals surface area (Å²) in [6.45, 7) is 13.8. The normalized spacial score (nSPS) is 21.2. The van der Waals surface area contributed by atoms with Crippen molar-refractivity contribution in [1.82, 2.24) is 0 Å². The number of hydrogen-bond donors (Lipinski definition) is 0. The highest BCUT2D eigenvalue weighted by Crippen LogP contribution is 2.41. The van der Waals surface area contributed by atoms with E-state index < -0.39 is 11.6 Å². The van der Waals surface area contributed by atoms with Crippen LogP contribution in [0.3, 0.4) is 0 Å². The molecule has 3 unspecified atom stereocenters. The van der Waals surface area contributed by atoms with Crippen LogP contribution in [0, 0.1) is 0 Å². The third kappa shape index (κ3) is 8.03. The third-order valence-corrected chi connectivity index (χ3v) is 8.40. The molecule has 4 aromatic rings. The number of rotatable bonds is 12. The molecule has 48 heavy (non-hydrogen) atoms. The van der Waals surface area contributed by atoms with Crippen LogP contribution in [-0.4, -0.2) is 43.6 Å². The smallest absolute Gasteiger partial charge is 0.350 e. The Morgan fingerprint density at radius 2 is 1.69 bits per heavy atom. The van der Waals surface area contributed by atoms with E-state index in [4.69, 9.17) is 37.3 Å². The summed E-state index contributed by atoms with van der Waals surface area (Å²) in [5.74, 6) is 0.700. The van der Waals surface area contributed by atoms with Gasteiger partial charge in [-0.15, -0.1) is 0 Å². The second-order valence-electron chi connectivity index (χ2n) is 13.4. The number of benzene rings is 2. The molecule has 1 saturated heterocycles. The Morgan fingerprint density at radius 1 is 0.917 bits per heavy atom. The number of ether oxygens (including phenoxy) is 6. The summed E-state index contributed by atoms with van der Waals surface area (Å²) in [5, 5.41) is 1.54. The van der Waals surface area contributed by atoms with Crippen molar-refractivity contribution in [3.8, 4) is 17.2 Å². The van der Waals surface area contributed by atoms with Crippen LogP contribution in [0.2, 0.25) is 0 Å². The summed E-state index contributed by atoms with van der Waals surface area (Å²) < 4.78 is 47.9. The highest BCUT2D eigenvalue weighted by Gasteiger charge is 2.48. The largest absolute Gasteiger partial charge is 0.489 e. The SMILES string of the molecule is C/C(=C\COc1ccc2c(c1)OC1(C=C2)OC(C)C(CC/C(C)=C/COc2c3ccoc3cc3oc(=O)ccc23)O1)CCOC(C)(C)C. The Labute approximate surface area is 280 Å². The molecule has 1 spiro atoms. The Hall–Kier alpha value is -4.31. The lowest BCUT2D eigenvalue weighted by atomic mass is 10.1. The van der Waals surface area contributed by atoms with E-state index in [-0.39, 0.29) is 17.8 Å². The zero-order chi connectivity index (χ0) is 33.9. The predicted molar refractivity (Wildman–Crippen MR) is 185 cm³/mol. The molecule has 254 valence electrons. The summed E-state index contributed by atoms with van der Waals surface area (Å²) in [4.78, 5) is 11.8. The first kappa shape index (κ1) is 33.6. The molecule has 1 fully saturated rings. The molecule has 0 bridgehead atoms. The summed E-state index contributed by atoms with van der Waals surface area (Å²) in [7, 11) is 0. The minimum atomic E-state index is -1.28. The first-order valence-electron chi connectivity index (χ1n) is 16.5. The van der Waals surface area contributed by atoms with Gasteiger partial charge in [-0.05, 0) is 103 Å². The monoisotopic (exact) mass is 656 g/mol. The van der Waals surface area contributed by atoms with Gasteiger partial charge in [0, 0.05) is 29.8 Å². The van der Waals surface area contributed by atoms with E-state index in [0.29, 0.717) is 48.2 Å². The first-order valence-corrected chi connectivity index (χ1v) is 16.5. The lowest BCUT2D eigenvalue weighted by Gasteiger charge is -2.29.